The Bertz CT molecular complexity index is 296. The normalized spacial score (nSPS) is 16.6. The van der Waals surface area contributed by atoms with Gasteiger partial charge in [-0.2, -0.15) is 0 Å². The molecule has 1 aromatic rings. The zero-order valence-corrected chi connectivity index (χ0v) is 8.31. The van der Waals surface area contributed by atoms with Gasteiger partial charge in [0, 0.05) is 47.1 Å². The second kappa shape index (κ2) is 2.92. The molecule has 0 aliphatic carbocycles. The summed E-state index contributed by atoms with van der Waals surface area (Å²) >= 11 is 2.06. The van der Waals surface area contributed by atoms with Crippen LogP contribution in [-0.2, 0) is 13.1 Å². The van der Waals surface area contributed by atoms with Gasteiger partial charge in [-0.05, 0) is 12.1 Å². The van der Waals surface area contributed by atoms with Crippen molar-refractivity contribution in [1.29, 1.82) is 0 Å². The van der Waals surface area contributed by atoms with Gasteiger partial charge in [0.2, 0.25) is 0 Å². The van der Waals surface area contributed by atoms with Crippen molar-refractivity contribution in [2.24, 2.45) is 0 Å². The van der Waals surface area contributed by atoms with Gasteiger partial charge in [0.1, 0.15) is 11.6 Å². The third-order valence-electron chi connectivity index (χ3n) is 1.98. The quantitative estimate of drug-likeness (QED) is 0.522. The Morgan fingerprint density at radius 1 is 1.08 bits per heavy atom. The van der Waals surface area contributed by atoms with Gasteiger partial charge < -0.3 is 0 Å². The number of rotatable bonds is 0. The van der Waals surface area contributed by atoms with E-state index in [-0.39, 0.29) is 11.6 Å². The highest BCUT2D eigenvalue weighted by atomic mass is 127. The number of nitrogens with zero attached hydrogens (tertiary/aromatic N) is 1. The maximum Gasteiger partial charge on any atom is 0.128 e. The van der Waals surface area contributed by atoms with Crippen LogP contribution in [0.25, 0.3) is 0 Å². The molecule has 0 spiro atoms. The summed E-state index contributed by atoms with van der Waals surface area (Å²) in [6, 6.07) is 2.37. The summed E-state index contributed by atoms with van der Waals surface area (Å²) in [7, 11) is 0. The average Bonchev–Trinajstić information content (AvgIpc) is 2.41. The van der Waals surface area contributed by atoms with Gasteiger partial charge in [0.15, 0.2) is 0 Å². The molecule has 0 amide bonds. The lowest BCUT2D eigenvalue weighted by Gasteiger charge is -1.99. The molecule has 1 heterocycles. The van der Waals surface area contributed by atoms with E-state index in [0.717, 1.165) is 0 Å². The summed E-state index contributed by atoms with van der Waals surface area (Å²) in [4.78, 5) is 0. The molecule has 0 atom stereocenters. The molecule has 12 heavy (non-hydrogen) atoms. The van der Waals surface area contributed by atoms with Gasteiger partial charge in [0.05, 0.1) is 0 Å². The molecule has 1 aromatic carbocycles. The van der Waals surface area contributed by atoms with Crippen molar-refractivity contribution in [1.82, 2.24) is 3.11 Å². The molecule has 0 bridgehead atoms. The minimum atomic E-state index is -0.300. The van der Waals surface area contributed by atoms with Crippen molar-refractivity contribution in [3.63, 3.8) is 0 Å². The highest BCUT2D eigenvalue weighted by Gasteiger charge is 2.23. The van der Waals surface area contributed by atoms with Crippen LogP contribution in [0.4, 0.5) is 8.78 Å². The van der Waals surface area contributed by atoms with Crippen LogP contribution in [0, 0.1) is 11.6 Å². The summed E-state index contributed by atoms with van der Waals surface area (Å²) in [5.74, 6) is -0.601. The van der Waals surface area contributed by atoms with E-state index in [1.54, 1.807) is 0 Å². The summed E-state index contributed by atoms with van der Waals surface area (Å²) in [5.41, 5.74) is 1.01. The second-order valence-corrected chi connectivity index (χ2v) is 4.13. The van der Waals surface area contributed by atoms with Crippen LogP contribution in [0.1, 0.15) is 11.1 Å². The topological polar surface area (TPSA) is 3.24 Å². The monoisotopic (exact) mass is 281 g/mol. The number of halogens is 3. The van der Waals surface area contributed by atoms with Gasteiger partial charge in [0.25, 0.3) is 0 Å². The zero-order chi connectivity index (χ0) is 8.72. The van der Waals surface area contributed by atoms with Crippen LogP contribution in [0.3, 0.4) is 0 Å². The highest BCUT2D eigenvalue weighted by Crippen LogP contribution is 2.29. The van der Waals surface area contributed by atoms with Crippen molar-refractivity contribution in [2.75, 3.05) is 0 Å². The molecule has 0 N–H and O–H groups in total. The first-order valence-electron chi connectivity index (χ1n) is 3.55. The zero-order valence-electron chi connectivity index (χ0n) is 6.15. The largest absolute Gasteiger partial charge is 0.239 e. The van der Waals surface area contributed by atoms with Gasteiger partial charge in [-0.3, -0.25) is 0 Å². The maximum absolute atomic E-state index is 13.0. The Kier molecular flexibility index (Phi) is 2.04. The molecule has 0 saturated heterocycles. The molecule has 1 nitrogen and oxygen atoms in total. The van der Waals surface area contributed by atoms with E-state index < -0.39 is 0 Å². The second-order valence-electron chi connectivity index (χ2n) is 2.77. The van der Waals surface area contributed by atoms with E-state index in [4.69, 9.17) is 0 Å². The van der Waals surface area contributed by atoms with Gasteiger partial charge in [-0.15, -0.1) is 0 Å². The smallest absolute Gasteiger partial charge is 0.128 e. The molecular weight excluding hydrogens is 275 g/mol. The van der Waals surface area contributed by atoms with Crippen LogP contribution < -0.4 is 0 Å². The van der Waals surface area contributed by atoms with E-state index in [2.05, 4.69) is 22.9 Å². The van der Waals surface area contributed by atoms with Crippen molar-refractivity contribution >= 4 is 22.9 Å². The Balaban J connectivity index is 2.56. The lowest BCUT2D eigenvalue weighted by molar-refractivity contribution is 0.532. The van der Waals surface area contributed by atoms with E-state index in [1.165, 1.54) is 12.1 Å². The minimum absolute atomic E-state index is 0.300. The Hall–Kier alpha value is -0.230. The molecule has 0 unspecified atom stereocenters. The summed E-state index contributed by atoms with van der Waals surface area (Å²) < 4.78 is 28.0. The van der Waals surface area contributed by atoms with E-state index >= 15 is 0 Å². The van der Waals surface area contributed by atoms with Crippen LogP contribution in [0.5, 0.6) is 0 Å². The standard InChI is InChI=1S/C8H6F2IN/c9-7-1-2-8(10)6-4-12(11)3-5(6)7/h1-2H,3-4H2. The fourth-order valence-corrected chi connectivity index (χ4v) is 2.06. The van der Waals surface area contributed by atoms with E-state index in [0.29, 0.717) is 24.2 Å². The fourth-order valence-electron chi connectivity index (χ4n) is 1.38. The van der Waals surface area contributed by atoms with E-state index in [1.807, 2.05) is 3.11 Å². The van der Waals surface area contributed by atoms with Crippen molar-refractivity contribution in [2.45, 2.75) is 13.1 Å². The van der Waals surface area contributed by atoms with Crippen molar-refractivity contribution in [3.05, 3.63) is 34.9 Å². The predicted octanol–water partition coefficient (Wildman–Crippen LogP) is 2.63. The van der Waals surface area contributed by atoms with Crippen molar-refractivity contribution < 1.29 is 8.78 Å². The van der Waals surface area contributed by atoms with Crippen LogP contribution in [0.2, 0.25) is 0 Å². The van der Waals surface area contributed by atoms with Gasteiger partial charge in [-0.25, -0.2) is 11.9 Å². The SMILES string of the molecule is Fc1ccc(F)c2c1CN(I)C2. The van der Waals surface area contributed by atoms with Crippen LogP contribution >= 0.6 is 22.9 Å². The Labute approximate surface area is 82.9 Å². The molecule has 0 saturated carbocycles. The first kappa shape index (κ1) is 8.37. The molecule has 1 aliphatic heterocycles. The third-order valence-corrected chi connectivity index (χ3v) is 2.66. The molecule has 0 aromatic heterocycles. The average molecular weight is 281 g/mol. The molecule has 0 fully saturated rings. The third kappa shape index (κ3) is 1.22. The lowest BCUT2D eigenvalue weighted by Crippen LogP contribution is -1.98. The summed E-state index contributed by atoms with van der Waals surface area (Å²) in [6.07, 6.45) is 0. The van der Waals surface area contributed by atoms with Gasteiger partial charge in [-0.1, -0.05) is 0 Å². The molecule has 2 rings (SSSR count). The number of hydrogen-bond acceptors (Lipinski definition) is 1. The molecule has 1 aliphatic rings. The number of hydrogen-bond donors (Lipinski definition) is 0. The maximum atomic E-state index is 13.0. The van der Waals surface area contributed by atoms with Crippen LogP contribution in [-0.4, -0.2) is 3.11 Å². The van der Waals surface area contributed by atoms with E-state index in [9.17, 15) is 8.78 Å². The number of benzene rings is 1. The minimum Gasteiger partial charge on any atom is -0.239 e. The highest BCUT2D eigenvalue weighted by molar-refractivity contribution is 14.1. The molecule has 4 heteroatoms. The summed E-state index contributed by atoms with van der Waals surface area (Å²) in [5, 5.41) is 0. The lowest BCUT2D eigenvalue weighted by atomic mass is 10.1. The number of fused-ring (bicyclic) bond motifs is 1. The van der Waals surface area contributed by atoms with Crippen molar-refractivity contribution in [3.8, 4) is 0 Å². The first-order chi connectivity index (χ1) is 5.68. The molecule has 64 valence electrons. The summed E-state index contributed by atoms with van der Waals surface area (Å²) in [6.45, 7) is 0.999. The fraction of sp³-hybridized carbons (Fsp3) is 0.250. The molecular formula is C8H6F2IN. The van der Waals surface area contributed by atoms with Crippen LogP contribution in [0.15, 0.2) is 12.1 Å². The predicted molar refractivity (Wildman–Crippen MR) is 49.6 cm³/mol. The Morgan fingerprint density at radius 2 is 1.50 bits per heavy atom. The van der Waals surface area contributed by atoms with Gasteiger partial charge >= 0.3 is 0 Å². The first-order valence-corrected chi connectivity index (χ1v) is 4.51. The molecule has 0 radical (unpaired) electrons. The Morgan fingerprint density at radius 3 is 1.92 bits per heavy atom.